The lowest BCUT2D eigenvalue weighted by Gasteiger charge is -2.09. The van der Waals surface area contributed by atoms with E-state index in [1.165, 1.54) is 6.08 Å². The molecule has 4 nitrogen and oxygen atoms in total. The third-order valence-electron chi connectivity index (χ3n) is 3.82. The van der Waals surface area contributed by atoms with Gasteiger partial charge in [0.2, 0.25) is 0 Å². The first-order chi connectivity index (χ1) is 11.6. The van der Waals surface area contributed by atoms with Gasteiger partial charge in [0.05, 0.1) is 12.1 Å². The number of para-hydroxylation sites is 1. The minimum Gasteiger partial charge on any atom is -0.463 e. The number of rotatable bonds is 9. The van der Waals surface area contributed by atoms with Gasteiger partial charge in [0.1, 0.15) is 0 Å². The second-order valence-electron chi connectivity index (χ2n) is 5.56. The normalized spacial score (nSPS) is 10.7. The van der Waals surface area contributed by atoms with Crippen LogP contribution in [0.25, 0.3) is 10.9 Å². The van der Waals surface area contributed by atoms with Gasteiger partial charge in [0.25, 0.3) is 5.56 Å². The number of pyridine rings is 1. The Morgan fingerprint density at radius 3 is 2.79 bits per heavy atom. The predicted molar refractivity (Wildman–Crippen MR) is 99.5 cm³/mol. The second kappa shape index (κ2) is 9.33. The lowest BCUT2D eigenvalue weighted by atomic mass is 10.2. The first kappa shape index (κ1) is 18.3. The molecule has 0 fully saturated rings. The number of aromatic nitrogens is 1. The van der Waals surface area contributed by atoms with Gasteiger partial charge in [-0.1, -0.05) is 37.6 Å². The highest BCUT2D eigenvalue weighted by molar-refractivity contribution is 7.99. The average Bonchev–Trinajstić information content (AvgIpc) is 2.61. The van der Waals surface area contributed by atoms with Crippen molar-refractivity contribution < 1.29 is 9.53 Å². The molecule has 1 heterocycles. The Bertz CT molecular complexity index is 767. The van der Waals surface area contributed by atoms with Crippen LogP contribution in [0, 0.1) is 0 Å². The summed E-state index contributed by atoms with van der Waals surface area (Å²) in [6, 6.07) is 9.72. The van der Waals surface area contributed by atoms with E-state index in [-0.39, 0.29) is 11.5 Å². The fourth-order valence-electron chi connectivity index (χ4n) is 2.47. The Hall–Kier alpha value is -2.01. The number of carbonyl (C=O) groups is 1. The highest BCUT2D eigenvalue weighted by Gasteiger charge is 2.06. The lowest BCUT2D eigenvalue weighted by Crippen LogP contribution is -2.16. The highest BCUT2D eigenvalue weighted by atomic mass is 32.2. The largest absolute Gasteiger partial charge is 0.463 e. The van der Waals surface area contributed by atoms with Gasteiger partial charge in [-0.3, -0.25) is 4.79 Å². The number of carbonyl (C=O) groups excluding carboxylic acids is 1. The van der Waals surface area contributed by atoms with Crippen LogP contribution in [-0.4, -0.2) is 22.9 Å². The number of unbranched alkanes of at least 4 members (excludes halogenated alkanes) is 3. The van der Waals surface area contributed by atoms with E-state index >= 15 is 0 Å². The summed E-state index contributed by atoms with van der Waals surface area (Å²) in [5, 5.41) is 1.13. The Balaban J connectivity index is 1.78. The number of esters is 1. The lowest BCUT2D eigenvalue weighted by molar-refractivity contribution is -0.137. The molecule has 0 N–H and O–H groups in total. The van der Waals surface area contributed by atoms with Crippen LogP contribution in [0.2, 0.25) is 0 Å². The van der Waals surface area contributed by atoms with E-state index in [4.69, 9.17) is 4.74 Å². The molecule has 0 saturated carbocycles. The van der Waals surface area contributed by atoms with Crippen molar-refractivity contribution in [2.24, 2.45) is 7.05 Å². The minimum atomic E-state index is -0.358. The van der Waals surface area contributed by atoms with E-state index in [0.717, 1.165) is 47.2 Å². The zero-order valence-corrected chi connectivity index (χ0v) is 14.8. The quantitative estimate of drug-likeness (QED) is 0.299. The fourth-order valence-corrected chi connectivity index (χ4v) is 3.55. The zero-order chi connectivity index (χ0) is 17.4. The van der Waals surface area contributed by atoms with Crippen molar-refractivity contribution in [3.63, 3.8) is 0 Å². The molecule has 0 aliphatic rings. The molecule has 0 spiro atoms. The van der Waals surface area contributed by atoms with Crippen molar-refractivity contribution >= 4 is 28.6 Å². The van der Waals surface area contributed by atoms with Gasteiger partial charge >= 0.3 is 5.97 Å². The van der Waals surface area contributed by atoms with Gasteiger partial charge in [-0.25, -0.2) is 4.79 Å². The Kier molecular flexibility index (Phi) is 7.12. The third kappa shape index (κ3) is 4.99. The molecule has 0 aliphatic carbocycles. The molecule has 0 amide bonds. The summed E-state index contributed by atoms with van der Waals surface area (Å²) in [5.41, 5.74) is 0.997. The van der Waals surface area contributed by atoms with Crippen LogP contribution in [0.3, 0.4) is 0 Å². The molecule has 0 atom stereocenters. The van der Waals surface area contributed by atoms with Gasteiger partial charge in [-0.2, -0.15) is 0 Å². The number of fused-ring (bicyclic) bond motifs is 1. The topological polar surface area (TPSA) is 48.3 Å². The highest BCUT2D eigenvalue weighted by Crippen LogP contribution is 2.27. The molecular formula is C19H23NO3S. The number of ether oxygens (including phenoxy) is 1. The number of hydrogen-bond donors (Lipinski definition) is 0. The van der Waals surface area contributed by atoms with Crippen LogP contribution in [0.5, 0.6) is 0 Å². The molecular weight excluding hydrogens is 322 g/mol. The molecule has 2 aromatic rings. The van der Waals surface area contributed by atoms with E-state index in [1.807, 2.05) is 18.2 Å². The number of aryl methyl sites for hydroxylation is 1. The van der Waals surface area contributed by atoms with Crippen molar-refractivity contribution in [1.29, 1.82) is 0 Å². The molecule has 0 bridgehead atoms. The van der Waals surface area contributed by atoms with Crippen LogP contribution in [-0.2, 0) is 16.6 Å². The standard InChI is InChI=1S/C19H23NO3S/c1-3-19(22)23-12-8-4-5-9-13-24-17-14-18(21)20(2)16-11-7-6-10-15(16)17/h3,6-7,10-11,14H,1,4-5,8-9,12-13H2,2H3. The average molecular weight is 345 g/mol. The van der Waals surface area contributed by atoms with Crippen molar-refractivity contribution in [2.75, 3.05) is 12.4 Å². The van der Waals surface area contributed by atoms with Crippen molar-refractivity contribution in [3.8, 4) is 0 Å². The van der Waals surface area contributed by atoms with Gasteiger partial charge in [0.15, 0.2) is 0 Å². The van der Waals surface area contributed by atoms with Gasteiger partial charge in [-0.15, -0.1) is 11.8 Å². The number of nitrogens with zero attached hydrogens (tertiary/aromatic N) is 1. The maximum Gasteiger partial charge on any atom is 0.330 e. The molecule has 5 heteroatoms. The molecule has 0 saturated heterocycles. The summed E-state index contributed by atoms with van der Waals surface area (Å²) in [7, 11) is 1.80. The molecule has 128 valence electrons. The van der Waals surface area contributed by atoms with Crippen molar-refractivity contribution in [1.82, 2.24) is 4.57 Å². The summed E-state index contributed by atoms with van der Waals surface area (Å²) in [6.45, 7) is 3.82. The predicted octanol–water partition coefficient (Wildman–Crippen LogP) is 3.92. The van der Waals surface area contributed by atoms with Gasteiger partial charge in [0, 0.05) is 29.5 Å². The van der Waals surface area contributed by atoms with Crippen LogP contribution in [0.15, 0.2) is 52.7 Å². The Morgan fingerprint density at radius 2 is 2.00 bits per heavy atom. The Morgan fingerprint density at radius 1 is 1.25 bits per heavy atom. The minimum absolute atomic E-state index is 0.0280. The van der Waals surface area contributed by atoms with Crippen molar-refractivity contribution in [3.05, 3.63) is 53.3 Å². The molecule has 0 radical (unpaired) electrons. The summed E-state index contributed by atoms with van der Waals surface area (Å²) in [6.07, 6.45) is 5.25. The molecule has 0 aliphatic heterocycles. The number of benzene rings is 1. The van der Waals surface area contributed by atoms with Crippen LogP contribution < -0.4 is 5.56 Å². The molecule has 1 aromatic carbocycles. The summed E-state index contributed by atoms with van der Waals surface area (Å²) in [5.74, 6) is 0.618. The maximum atomic E-state index is 12.0. The molecule has 24 heavy (non-hydrogen) atoms. The van der Waals surface area contributed by atoms with Gasteiger partial charge in [-0.05, 0) is 24.7 Å². The Labute approximate surface area is 146 Å². The third-order valence-corrected chi connectivity index (χ3v) is 4.96. The van der Waals surface area contributed by atoms with Gasteiger partial charge < -0.3 is 9.30 Å². The second-order valence-corrected chi connectivity index (χ2v) is 6.69. The van der Waals surface area contributed by atoms with E-state index < -0.39 is 0 Å². The number of hydrogen-bond acceptors (Lipinski definition) is 4. The monoisotopic (exact) mass is 345 g/mol. The molecule has 0 unspecified atom stereocenters. The van der Waals surface area contributed by atoms with Crippen molar-refractivity contribution in [2.45, 2.75) is 30.6 Å². The zero-order valence-electron chi connectivity index (χ0n) is 14.0. The smallest absolute Gasteiger partial charge is 0.330 e. The molecule has 2 rings (SSSR count). The van der Waals surface area contributed by atoms with E-state index in [9.17, 15) is 9.59 Å². The van der Waals surface area contributed by atoms with Crippen LogP contribution >= 0.6 is 11.8 Å². The first-order valence-corrected chi connectivity index (χ1v) is 9.13. The van der Waals surface area contributed by atoms with E-state index in [0.29, 0.717) is 6.61 Å². The summed E-state index contributed by atoms with van der Waals surface area (Å²) < 4.78 is 6.62. The van der Waals surface area contributed by atoms with E-state index in [1.54, 1.807) is 29.4 Å². The first-order valence-electron chi connectivity index (χ1n) is 8.14. The van der Waals surface area contributed by atoms with Crippen LogP contribution in [0.4, 0.5) is 0 Å². The molecule has 1 aromatic heterocycles. The summed E-state index contributed by atoms with van der Waals surface area (Å²) in [4.78, 5) is 24.0. The van der Waals surface area contributed by atoms with Crippen LogP contribution in [0.1, 0.15) is 25.7 Å². The number of thioether (sulfide) groups is 1. The fraction of sp³-hybridized carbons (Fsp3) is 0.368. The maximum absolute atomic E-state index is 12.0. The SMILES string of the molecule is C=CC(=O)OCCCCCCSc1cc(=O)n(C)c2ccccc12. The summed E-state index contributed by atoms with van der Waals surface area (Å²) >= 11 is 1.73. The van der Waals surface area contributed by atoms with E-state index in [2.05, 4.69) is 12.6 Å².